The van der Waals surface area contributed by atoms with E-state index in [-0.39, 0.29) is 11.4 Å². The van der Waals surface area contributed by atoms with Gasteiger partial charge in [0.1, 0.15) is 18.0 Å². The minimum Gasteiger partial charge on any atom is -0.393 e. The molecule has 1 atom stereocenters. The lowest BCUT2D eigenvalue weighted by molar-refractivity contribution is -0.386. The molecule has 1 heterocycles. The van der Waals surface area contributed by atoms with Crippen LogP contribution in [0, 0.1) is 10.1 Å². The number of aromatic nitrogens is 2. The van der Waals surface area contributed by atoms with Crippen LogP contribution >= 0.6 is 0 Å². The lowest BCUT2D eigenvalue weighted by atomic mass is 10.2. The van der Waals surface area contributed by atoms with Gasteiger partial charge < -0.3 is 10.2 Å². The van der Waals surface area contributed by atoms with Gasteiger partial charge in [-0.1, -0.05) is 0 Å². The molecule has 1 rings (SSSR count). The van der Waals surface area contributed by atoms with Gasteiger partial charge in [0, 0.05) is 7.05 Å². The second-order valence-electron chi connectivity index (χ2n) is 2.49. The lowest BCUT2D eigenvalue weighted by Gasteiger charge is -2.05. The minimum absolute atomic E-state index is 0.00694. The summed E-state index contributed by atoms with van der Waals surface area (Å²) in [6.07, 6.45) is -0.235. The Morgan fingerprint density at radius 3 is 2.92 bits per heavy atom. The molecule has 0 amide bonds. The third-order valence-corrected chi connectivity index (χ3v) is 1.65. The Hall–Kier alpha value is -1.47. The molecule has 7 heteroatoms. The van der Waals surface area contributed by atoms with Crippen molar-refractivity contribution in [2.45, 2.75) is 6.10 Å². The van der Waals surface area contributed by atoms with Crippen molar-refractivity contribution < 1.29 is 15.1 Å². The Morgan fingerprint density at radius 2 is 2.46 bits per heavy atom. The first kappa shape index (κ1) is 9.62. The molecule has 0 aliphatic carbocycles. The van der Waals surface area contributed by atoms with Crippen molar-refractivity contribution in [3.63, 3.8) is 0 Å². The van der Waals surface area contributed by atoms with Crippen molar-refractivity contribution in [3.05, 3.63) is 22.0 Å². The van der Waals surface area contributed by atoms with Crippen LogP contribution in [0.25, 0.3) is 0 Å². The number of aliphatic hydroxyl groups excluding tert-OH is 2. The quantitative estimate of drug-likeness (QED) is 0.483. The highest BCUT2D eigenvalue weighted by molar-refractivity contribution is 5.34. The highest BCUT2D eigenvalue weighted by Crippen LogP contribution is 2.23. The van der Waals surface area contributed by atoms with Gasteiger partial charge in [-0.25, -0.2) is 0 Å². The number of nitro groups is 1. The van der Waals surface area contributed by atoms with Crippen LogP contribution in [0.3, 0.4) is 0 Å². The average molecular weight is 187 g/mol. The molecular formula is C6H9N3O4. The molecule has 1 aromatic rings. The molecule has 0 saturated heterocycles. The van der Waals surface area contributed by atoms with Crippen molar-refractivity contribution in [1.29, 1.82) is 0 Å². The molecule has 0 aliphatic heterocycles. The molecule has 0 aromatic carbocycles. The van der Waals surface area contributed by atoms with Gasteiger partial charge in [0.05, 0.1) is 11.5 Å². The number of nitrogens with zero attached hydrogens (tertiary/aromatic N) is 3. The molecule has 1 unspecified atom stereocenters. The molecule has 72 valence electrons. The van der Waals surface area contributed by atoms with Crippen LogP contribution in [0.15, 0.2) is 6.20 Å². The van der Waals surface area contributed by atoms with Crippen LogP contribution in [0.4, 0.5) is 5.69 Å². The van der Waals surface area contributed by atoms with Gasteiger partial charge >= 0.3 is 5.69 Å². The van der Waals surface area contributed by atoms with Crippen molar-refractivity contribution in [2.75, 3.05) is 6.61 Å². The van der Waals surface area contributed by atoms with E-state index in [0.29, 0.717) is 0 Å². The molecule has 1 aromatic heterocycles. The number of hydrogen-bond donors (Lipinski definition) is 2. The maximum Gasteiger partial charge on any atom is 0.312 e. The van der Waals surface area contributed by atoms with Crippen LogP contribution in [0.2, 0.25) is 0 Å². The van der Waals surface area contributed by atoms with E-state index < -0.39 is 17.6 Å². The molecule has 0 spiro atoms. The summed E-state index contributed by atoms with van der Waals surface area (Å²) in [5, 5.41) is 31.9. The van der Waals surface area contributed by atoms with Crippen molar-refractivity contribution in [2.24, 2.45) is 7.05 Å². The fourth-order valence-corrected chi connectivity index (χ4v) is 1.05. The number of hydrogen-bond acceptors (Lipinski definition) is 5. The minimum atomic E-state index is -1.27. The Morgan fingerprint density at radius 1 is 1.85 bits per heavy atom. The van der Waals surface area contributed by atoms with E-state index in [1.54, 1.807) is 0 Å². The van der Waals surface area contributed by atoms with Gasteiger partial charge in [0.15, 0.2) is 0 Å². The Balaban J connectivity index is 3.15. The normalized spacial score (nSPS) is 12.8. The predicted molar refractivity (Wildman–Crippen MR) is 41.9 cm³/mol. The maximum atomic E-state index is 10.4. The van der Waals surface area contributed by atoms with Gasteiger partial charge in [-0.05, 0) is 0 Å². The Labute approximate surface area is 73.4 Å². The molecule has 0 aliphatic rings. The second-order valence-corrected chi connectivity index (χ2v) is 2.49. The van der Waals surface area contributed by atoms with Crippen LogP contribution in [-0.4, -0.2) is 31.5 Å². The van der Waals surface area contributed by atoms with Gasteiger partial charge in [-0.3, -0.25) is 14.8 Å². The molecule has 0 bridgehead atoms. The summed E-state index contributed by atoms with van der Waals surface area (Å²) in [4.78, 5) is 9.76. The SMILES string of the molecule is Cn1ncc([N+](=O)[O-])c1C(O)CO. The third kappa shape index (κ3) is 1.65. The summed E-state index contributed by atoms with van der Waals surface area (Å²) in [6.45, 7) is -0.569. The van der Waals surface area contributed by atoms with Gasteiger partial charge in [0.2, 0.25) is 0 Å². The smallest absolute Gasteiger partial charge is 0.312 e. The first-order valence-corrected chi connectivity index (χ1v) is 3.53. The molecule has 0 saturated carbocycles. The zero-order chi connectivity index (χ0) is 10.0. The zero-order valence-electron chi connectivity index (χ0n) is 6.91. The fourth-order valence-electron chi connectivity index (χ4n) is 1.05. The standard InChI is InChI=1S/C6H9N3O4/c1-8-6(5(11)3-10)4(2-7-8)9(12)13/h2,5,10-11H,3H2,1H3. The Kier molecular flexibility index (Phi) is 2.59. The Bertz CT molecular complexity index is 322. The van der Waals surface area contributed by atoms with Crippen molar-refractivity contribution >= 4 is 5.69 Å². The fraction of sp³-hybridized carbons (Fsp3) is 0.500. The molecule has 0 radical (unpaired) electrons. The van der Waals surface area contributed by atoms with E-state index in [0.717, 1.165) is 6.20 Å². The summed E-state index contributed by atoms with van der Waals surface area (Å²) >= 11 is 0. The lowest BCUT2D eigenvalue weighted by Crippen LogP contribution is -2.10. The second kappa shape index (κ2) is 3.50. The van der Waals surface area contributed by atoms with Gasteiger partial charge in [-0.2, -0.15) is 5.10 Å². The monoisotopic (exact) mass is 187 g/mol. The van der Waals surface area contributed by atoms with E-state index >= 15 is 0 Å². The summed E-state index contributed by atoms with van der Waals surface area (Å²) in [7, 11) is 1.46. The molecule has 0 fully saturated rings. The predicted octanol–water partition coefficient (Wildman–Crippen LogP) is -0.646. The first-order chi connectivity index (χ1) is 6.07. The van der Waals surface area contributed by atoms with E-state index in [4.69, 9.17) is 5.11 Å². The number of aliphatic hydroxyl groups is 2. The van der Waals surface area contributed by atoms with E-state index in [1.807, 2.05) is 0 Å². The maximum absolute atomic E-state index is 10.4. The van der Waals surface area contributed by atoms with Crippen molar-refractivity contribution in [1.82, 2.24) is 9.78 Å². The highest BCUT2D eigenvalue weighted by Gasteiger charge is 2.24. The molecular weight excluding hydrogens is 178 g/mol. The largest absolute Gasteiger partial charge is 0.393 e. The van der Waals surface area contributed by atoms with Crippen molar-refractivity contribution in [3.8, 4) is 0 Å². The summed E-state index contributed by atoms with van der Waals surface area (Å²) < 4.78 is 1.17. The summed E-state index contributed by atoms with van der Waals surface area (Å²) in [5.74, 6) is 0. The van der Waals surface area contributed by atoms with Gasteiger partial charge in [-0.15, -0.1) is 0 Å². The average Bonchev–Trinajstić information content (AvgIpc) is 2.46. The van der Waals surface area contributed by atoms with E-state index in [9.17, 15) is 15.2 Å². The summed E-state index contributed by atoms with van der Waals surface area (Å²) in [6, 6.07) is 0. The first-order valence-electron chi connectivity index (χ1n) is 3.53. The highest BCUT2D eigenvalue weighted by atomic mass is 16.6. The zero-order valence-corrected chi connectivity index (χ0v) is 6.91. The van der Waals surface area contributed by atoms with Crippen LogP contribution in [0.1, 0.15) is 11.8 Å². The molecule has 13 heavy (non-hydrogen) atoms. The van der Waals surface area contributed by atoms with Crippen LogP contribution < -0.4 is 0 Å². The third-order valence-electron chi connectivity index (χ3n) is 1.65. The van der Waals surface area contributed by atoms with Gasteiger partial charge in [0.25, 0.3) is 0 Å². The summed E-state index contributed by atoms with van der Waals surface area (Å²) in [5.41, 5.74) is -0.281. The topological polar surface area (TPSA) is 101 Å². The van der Waals surface area contributed by atoms with Crippen LogP contribution in [0.5, 0.6) is 0 Å². The number of aryl methyl sites for hydroxylation is 1. The molecule has 2 N–H and O–H groups in total. The van der Waals surface area contributed by atoms with E-state index in [1.165, 1.54) is 11.7 Å². The van der Waals surface area contributed by atoms with E-state index in [2.05, 4.69) is 5.10 Å². The molecule has 7 nitrogen and oxygen atoms in total. The van der Waals surface area contributed by atoms with Crippen LogP contribution in [-0.2, 0) is 7.05 Å². The number of rotatable bonds is 3.